The maximum Gasteiger partial charge on any atom is 0.336 e. The first-order valence-corrected chi connectivity index (χ1v) is 5.75. The summed E-state index contributed by atoms with van der Waals surface area (Å²) in [5.41, 5.74) is 2.38. The normalized spacial score (nSPS) is 10.8. The van der Waals surface area contributed by atoms with Gasteiger partial charge in [0.25, 0.3) is 0 Å². The Kier molecular flexibility index (Phi) is 3.66. The van der Waals surface area contributed by atoms with Crippen LogP contribution in [0.15, 0.2) is 35.3 Å². The zero-order valence-electron chi connectivity index (χ0n) is 10.7. The number of aryl methyl sites for hydroxylation is 2. The Morgan fingerprint density at radius 3 is 2.47 bits per heavy atom. The van der Waals surface area contributed by atoms with Crippen LogP contribution in [0.4, 0.5) is 5.95 Å². The number of nitrogens with zero attached hydrogens (tertiary/aromatic N) is 3. The summed E-state index contributed by atoms with van der Waals surface area (Å²) in [5, 5.41) is 9.06. The molecule has 0 saturated heterocycles. The highest BCUT2D eigenvalue weighted by molar-refractivity contribution is 5.98. The first-order chi connectivity index (χ1) is 9.06. The van der Waals surface area contributed by atoms with E-state index in [1.807, 2.05) is 19.9 Å². The highest BCUT2D eigenvalue weighted by Gasteiger charge is 2.06. The molecule has 0 amide bonds. The molecule has 5 nitrogen and oxygen atoms in total. The summed E-state index contributed by atoms with van der Waals surface area (Å²) in [4.78, 5) is 23.5. The van der Waals surface area contributed by atoms with Gasteiger partial charge in [-0.05, 0) is 26.0 Å². The monoisotopic (exact) mass is 255 g/mol. The fraction of sp³-hybridized carbons (Fsp3) is 0.143. The van der Waals surface area contributed by atoms with E-state index >= 15 is 0 Å². The van der Waals surface area contributed by atoms with E-state index in [4.69, 9.17) is 5.11 Å². The molecule has 2 rings (SSSR count). The van der Waals surface area contributed by atoms with Crippen molar-refractivity contribution in [3.05, 3.63) is 52.8 Å². The number of hydrogen-bond acceptors (Lipinski definition) is 4. The Morgan fingerprint density at radius 2 is 1.84 bits per heavy atom. The van der Waals surface area contributed by atoms with Crippen molar-refractivity contribution < 1.29 is 9.90 Å². The lowest BCUT2D eigenvalue weighted by Gasteiger charge is -2.00. The molecule has 0 aliphatic rings. The summed E-state index contributed by atoms with van der Waals surface area (Å²) in [6, 6.07) is 8.51. The molecule has 0 bridgehead atoms. The van der Waals surface area contributed by atoms with E-state index in [9.17, 15) is 4.79 Å². The number of carboxylic acids is 1. The predicted molar refractivity (Wildman–Crippen MR) is 72.2 cm³/mol. The Morgan fingerprint density at radius 1 is 1.21 bits per heavy atom. The van der Waals surface area contributed by atoms with Crippen LogP contribution < -0.4 is 0 Å². The number of carboxylic acid groups (broad SMARTS) is 1. The number of aliphatic imine (C=N–C) groups is 1. The highest BCUT2D eigenvalue weighted by Crippen LogP contribution is 2.10. The Balaban J connectivity index is 2.35. The van der Waals surface area contributed by atoms with Crippen LogP contribution in [0.1, 0.15) is 27.3 Å². The molecule has 0 fully saturated rings. The van der Waals surface area contributed by atoms with E-state index < -0.39 is 5.97 Å². The summed E-state index contributed by atoms with van der Waals surface area (Å²) in [7, 11) is 0. The van der Waals surface area contributed by atoms with Crippen molar-refractivity contribution >= 4 is 18.1 Å². The Labute approximate surface area is 110 Å². The quantitative estimate of drug-likeness (QED) is 0.855. The van der Waals surface area contributed by atoms with E-state index in [0.717, 1.165) is 11.4 Å². The van der Waals surface area contributed by atoms with E-state index in [2.05, 4.69) is 15.0 Å². The minimum absolute atomic E-state index is 0.204. The summed E-state index contributed by atoms with van der Waals surface area (Å²) in [6.07, 6.45) is 1.47. The zero-order chi connectivity index (χ0) is 13.8. The minimum Gasteiger partial charge on any atom is -0.478 e. The molecule has 0 radical (unpaired) electrons. The van der Waals surface area contributed by atoms with E-state index in [0.29, 0.717) is 11.5 Å². The fourth-order valence-corrected chi connectivity index (χ4v) is 1.70. The number of aromatic carboxylic acids is 1. The predicted octanol–water partition coefficient (Wildman–Crippen LogP) is 2.54. The van der Waals surface area contributed by atoms with E-state index in [-0.39, 0.29) is 5.56 Å². The lowest BCUT2D eigenvalue weighted by Crippen LogP contribution is -2.01. The van der Waals surface area contributed by atoms with Gasteiger partial charge in [-0.1, -0.05) is 18.2 Å². The van der Waals surface area contributed by atoms with Gasteiger partial charge in [0.15, 0.2) is 0 Å². The van der Waals surface area contributed by atoms with Gasteiger partial charge in [0.2, 0.25) is 5.95 Å². The summed E-state index contributed by atoms with van der Waals surface area (Å²) < 4.78 is 0. The van der Waals surface area contributed by atoms with Crippen LogP contribution in [-0.2, 0) is 0 Å². The molecule has 19 heavy (non-hydrogen) atoms. The maximum absolute atomic E-state index is 11.0. The van der Waals surface area contributed by atoms with Gasteiger partial charge in [-0.2, -0.15) is 0 Å². The largest absolute Gasteiger partial charge is 0.478 e. The molecule has 5 heteroatoms. The van der Waals surface area contributed by atoms with Crippen molar-refractivity contribution in [2.45, 2.75) is 13.8 Å². The van der Waals surface area contributed by atoms with Crippen molar-refractivity contribution in [3.8, 4) is 0 Å². The van der Waals surface area contributed by atoms with Crippen LogP contribution in [0.5, 0.6) is 0 Å². The van der Waals surface area contributed by atoms with Crippen molar-refractivity contribution in [3.63, 3.8) is 0 Å². The Hall–Kier alpha value is -2.56. The molecule has 1 N–H and O–H groups in total. The number of benzene rings is 1. The third-order valence-corrected chi connectivity index (χ3v) is 2.48. The number of rotatable bonds is 3. The third-order valence-electron chi connectivity index (χ3n) is 2.48. The molecule has 0 aliphatic carbocycles. The first-order valence-electron chi connectivity index (χ1n) is 5.75. The van der Waals surface area contributed by atoms with Gasteiger partial charge in [-0.25, -0.2) is 19.8 Å². The number of aromatic nitrogens is 2. The lowest BCUT2D eigenvalue weighted by molar-refractivity contribution is 0.0697. The first kappa shape index (κ1) is 12.9. The summed E-state index contributed by atoms with van der Waals surface area (Å²) >= 11 is 0. The second-order valence-corrected chi connectivity index (χ2v) is 4.10. The minimum atomic E-state index is -0.983. The topological polar surface area (TPSA) is 75.4 Å². The SMILES string of the molecule is Cc1cc(C)nc(/N=C/c2ccccc2C(=O)O)n1. The van der Waals surface area contributed by atoms with Crippen LogP contribution in [-0.4, -0.2) is 27.3 Å². The smallest absolute Gasteiger partial charge is 0.336 e. The molecule has 1 heterocycles. The van der Waals surface area contributed by atoms with Gasteiger partial charge in [0.1, 0.15) is 0 Å². The van der Waals surface area contributed by atoms with Crippen molar-refractivity contribution in [2.24, 2.45) is 4.99 Å². The second kappa shape index (κ2) is 5.39. The molecule has 0 atom stereocenters. The third kappa shape index (κ3) is 3.22. The molecule has 1 aromatic carbocycles. The van der Waals surface area contributed by atoms with Crippen LogP contribution in [0.3, 0.4) is 0 Å². The standard InChI is InChI=1S/C14H13N3O2/c1-9-7-10(2)17-14(16-9)15-8-11-5-3-4-6-12(11)13(18)19/h3-8H,1-2H3,(H,18,19)/b15-8+. The van der Waals surface area contributed by atoms with Gasteiger partial charge in [-0.15, -0.1) is 0 Å². The molecular weight excluding hydrogens is 242 g/mol. The molecule has 1 aromatic heterocycles. The molecule has 0 aliphatic heterocycles. The fourth-order valence-electron chi connectivity index (χ4n) is 1.70. The van der Waals surface area contributed by atoms with Gasteiger partial charge in [0, 0.05) is 23.2 Å². The second-order valence-electron chi connectivity index (χ2n) is 4.10. The zero-order valence-corrected chi connectivity index (χ0v) is 10.7. The van der Waals surface area contributed by atoms with Crippen LogP contribution in [0.25, 0.3) is 0 Å². The summed E-state index contributed by atoms with van der Waals surface area (Å²) in [5.74, 6) is -0.652. The maximum atomic E-state index is 11.0. The molecular formula is C14H13N3O2. The summed E-state index contributed by atoms with van der Waals surface area (Å²) in [6.45, 7) is 3.72. The molecule has 0 unspecified atom stereocenters. The van der Waals surface area contributed by atoms with Gasteiger partial charge < -0.3 is 5.11 Å². The molecule has 0 spiro atoms. The molecule has 2 aromatic rings. The molecule has 0 saturated carbocycles. The Bertz CT molecular complexity index is 631. The van der Waals surface area contributed by atoms with Crippen molar-refractivity contribution in [1.29, 1.82) is 0 Å². The van der Waals surface area contributed by atoms with Crippen LogP contribution >= 0.6 is 0 Å². The van der Waals surface area contributed by atoms with Gasteiger partial charge in [-0.3, -0.25) is 0 Å². The average Bonchev–Trinajstić information content (AvgIpc) is 2.35. The highest BCUT2D eigenvalue weighted by atomic mass is 16.4. The number of hydrogen-bond donors (Lipinski definition) is 1. The van der Waals surface area contributed by atoms with Crippen LogP contribution in [0, 0.1) is 13.8 Å². The van der Waals surface area contributed by atoms with Gasteiger partial charge >= 0.3 is 5.97 Å². The van der Waals surface area contributed by atoms with E-state index in [1.165, 1.54) is 12.3 Å². The molecule has 96 valence electrons. The van der Waals surface area contributed by atoms with Gasteiger partial charge in [0.05, 0.1) is 5.56 Å². The number of carbonyl (C=O) groups is 1. The van der Waals surface area contributed by atoms with Crippen molar-refractivity contribution in [1.82, 2.24) is 9.97 Å². The average molecular weight is 255 g/mol. The van der Waals surface area contributed by atoms with Crippen molar-refractivity contribution in [2.75, 3.05) is 0 Å². The van der Waals surface area contributed by atoms with Crippen LogP contribution in [0.2, 0.25) is 0 Å². The van der Waals surface area contributed by atoms with E-state index in [1.54, 1.807) is 18.2 Å². The lowest BCUT2D eigenvalue weighted by atomic mass is 10.1.